The second-order valence-electron chi connectivity index (χ2n) is 4.28. The Balaban J connectivity index is 2.04. The van der Waals surface area contributed by atoms with Crippen molar-refractivity contribution in [3.05, 3.63) is 54.4 Å². The Morgan fingerprint density at radius 1 is 1.05 bits per heavy atom. The molecular weight excluding hydrogens is 238 g/mol. The van der Waals surface area contributed by atoms with Crippen molar-refractivity contribution in [2.24, 2.45) is 0 Å². The molecular formula is C14H13N5. The summed E-state index contributed by atoms with van der Waals surface area (Å²) in [6.07, 6.45) is 3.32. The average molecular weight is 251 g/mol. The van der Waals surface area contributed by atoms with Gasteiger partial charge in [-0.1, -0.05) is 29.8 Å². The number of aromatic nitrogens is 4. The van der Waals surface area contributed by atoms with Crippen LogP contribution in [0.4, 0.5) is 5.82 Å². The predicted molar refractivity (Wildman–Crippen MR) is 73.7 cm³/mol. The number of anilines is 1. The molecule has 2 N–H and O–H groups in total. The quantitative estimate of drug-likeness (QED) is 0.758. The summed E-state index contributed by atoms with van der Waals surface area (Å²) in [7, 11) is 0. The topological polar surface area (TPSA) is 69.6 Å². The molecule has 0 aliphatic carbocycles. The van der Waals surface area contributed by atoms with E-state index in [2.05, 4.69) is 22.0 Å². The maximum absolute atomic E-state index is 5.96. The van der Waals surface area contributed by atoms with Crippen molar-refractivity contribution in [1.29, 1.82) is 0 Å². The first-order chi connectivity index (χ1) is 9.24. The Bertz CT molecular complexity index is 686. The molecule has 0 radical (unpaired) electrons. The van der Waals surface area contributed by atoms with Crippen LogP contribution in [0.2, 0.25) is 0 Å². The van der Waals surface area contributed by atoms with E-state index in [1.807, 2.05) is 30.3 Å². The third kappa shape index (κ3) is 2.18. The van der Waals surface area contributed by atoms with Crippen molar-refractivity contribution in [2.75, 3.05) is 5.73 Å². The highest BCUT2D eigenvalue weighted by molar-refractivity contribution is 5.63. The van der Waals surface area contributed by atoms with Gasteiger partial charge in [-0.3, -0.25) is 0 Å². The van der Waals surface area contributed by atoms with Gasteiger partial charge in [0.15, 0.2) is 0 Å². The first kappa shape index (κ1) is 11.4. The fraction of sp³-hybridized carbons (Fsp3) is 0.0714. The van der Waals surface area contributed by atoms with Gasteiger partial charge in [0.2, 0.25) is 0 Å². The molecule has 2 aromatic heterocycles. The number of aryl methyl sites for hydroxylation is 1. The highest BCUT2D eigenvalue weighted by Gasteiger charge is 2.09. The van der Waals surface area contributed by atoms with Crippen molar-refractivity contribution in [3.63, 3.8) is 0 Å². The second-order valence-corrected chi connectivity index (χ2v) is 4.28. The number of nitrogens with zero attached hydrogens (tertiary/aromatic N) is 4. The van der Waals surface area contributed by atoms with Crippen molar-refractivity contribution < 1.29 is 0 Å². The summed E-state index contributed by atoms with van der Waals surface area (Å²) < 4.78 is 1.54. The number of hydrogen-bond donors (Lipinski definition) is 1. The van der Waals surface area contributed by atoms with Gasteiger partial charge in [-0.2, -0.15) is 9.78 Å². The minimum absolute atomic E-state index is 0.471. The highest BCUT2D eigenvalue weighted by atomic mass is 15.4. The summed E-state index contributed by atoms with van der Waals surface area (Å²) in [5.41, 5.74) is 9.00. The summed E-state index contributed by atoms with van der Waals surface area (Å²) in [6, 6.07) is 11.7. The van der Waals surface area contributed by atoms with Crippen LogP contribution >= 0.6 is 0 Å². The van der Waals surface area contributed by atoms with Crippen LogP contribution in [0.15, 0.2) is 48.8 Å². The smallest absolute Gasteiger partial charge is 0.252 e. The zero-order valence-electron chi connectivity index (χ0n) is 10.5. The maximum Gasteiger partial charge on any atom is 0.252 e. The number of benzene rings is 1. The SMILES string of the molecule is Cc1ccc(-c2cc(N)n(-c3ncccn3)n2)cc1. The third-order valence-corrected chi connectivity index (χ3v) is 2.83. The van der Waals surface area contributed by atoms with Crippen LogP contribution < -0.4 is 5.73 Å². The minimum atomic E-state index is 0.471. The molecule has 0 bridgehead atoms. The molecule has 0 spiro atoms. The second kappa shape index (κ2) is 4.53. The van der Waals surface area contributed by atoms with Crippen LogP contribution in [-0.4, -0.2) is 19.7 Å². The summed E-state index contributed by atoms with van der Waals surface area (Å²) in [4.78, 5) is 8.28. The molecule has 0 saturated carbocycles. The molecule has 94 valence electrons. The van der Waals surface area contributed by atoms with Crippen LogP contribution in [0.5, 0.6) is 0 Å². The fourth-order valence-corrected chi connectivity index (χ4v) is 1.82. The molecule has 3 rings (SSSR count). The molecule has 0 saturated heterocycles. The number of rotatable bonds is 2. The number of hydrogen-bond acceptors (Lipinski definition) is 4. The fourth-order valence-electron chi connectivity index (χ4n) is 1.82. The Morgan fingerprint density at radius 2 is 1.74 bits per heavy atom. The van der Waals surface area contributed by atoms with E-state index in [-0.39, 0.29) is 0 Å². The molecule has 0 aliphatic rings. The van der Waals surface area contributed by atoms with Crippen LogP contribution in [0.3, 0.4) is 0 Å². The lowest BCUT2D eigenvalue weighted by Crippen LogP contribution is -2.05. The highest BCUT2D eigenvalue weighted by Crippen LogP contribution is 2.21. The zero-order chi connectivity index (χ0) is 13.2. The first-order valence-corrected chi connectivity index (χ1v) is 5.94. The van der Waals surface area contributed by atoms with Crippen LogP contribution in [0.25, 0.3) is 17.2 Å². The summed E-state index contributed by atoms with van der Waals surface area (Å²) >= 11 is 0. The average Bonchev–Trinajstić information content (AvgIpc) is 2.83. The van der Waals surface area contributed by atoms with E-state index in [0.29, 0.717) is 11.8 Å². The molecule has 0 atom stereocenters. The lowest BCUT2D eigenvalue weighted by atomic mass is 10.1. The van der Waals surface area contributed by atoms with E-state index < -0.39 is 0 Å². The van der Waals surface area contributed by atoms with E-state index in [1.54, 1.807) is 18.5 Å². The Labute approximate surface area is 110 Å². The maximum atomic E-state index is 5.96. The number of nitrogen functional groups attached to an aromatic ring is 1. The predicted octanol–water partition coefficient (Wildman–Crippen LogP) is 2.22. The van der Waals surface area contributed by atoms with Crippen molar-refractivity contribution in [3.8, 4) is 17.2 Å². The van der Waals surface area contributed by atoms with Gasteiger partial charge in [0.05, 0.1) is 5.69 Å². The summed E-state index contributed by atoms with van der Waals surface area (Å²) in [5.74, 6) is 0.986. The standard InChI is InChI=1S/C14H13N5/c1-10-3-5-11(6-4-10)12-9-13(15)19(18-12)14-16-7-2-8-17-14/h2-9H,15H2,1H3. The summed E-state index contributed by atoms with van der Waals surface area (Å²) in [6.45, 7) is 2.05. The molecule has 5 nitrogen and oxygen atoms in total. The van der Waals surface area contributed by atoms with Gasteiger partial charge in [0.1, 0.15) is 5.82 Å². The van der Waals surface area contributed by atoms with E-state index in [0.717, 1.165) is 11.3 Å². The van der Waals surface area contributed by atoms with Crippen molar-refractivity contribution in [2.45, 2.75) is 6.92 Å². The Kier molecular flexibility index (Phi) is 2.72. The van der Waals surface area contributed by atoms with E-state index in [1.165, 1.54) is 10.2 Å². The molecule has 0 aliphatic heterocycles. The van der Waals surface area contributed by atoms with Crippen molar-refractivity contribution >= 4 is 5.82 Å². The van der Waals surface area contributed by atoms with E-state index in [9.17, 15) is 0 Å². The van der Waals surface area contributed by atoms with Gasteiger partial charge in [0, 0.05) is 24.0 Å². The monoisotopic (exact) mass is 251 g/mol. The summed E-state index contributed by atoms with van der Waals surface area (Å²) in [5, 5.41) is 4.45. The molecule has 1 aromatic carbocycles. The number of nitrogens with two attached hydrogens (primary N) is 1. The van der Waals surface area contributed by atoms with Gasteiger partial charge in [-0.15, -0.1) is 0 Å². The lowest BCUT2D eigenvalue weighted by Gasteiger charge is -2.00. The van der Waals surface area contributed by atoms with Gasteiger partial charge in [-0.05, 0) is 13.0 Å². The van der Waals surface area contributed by atoms with Gasteiger partial charge in [0.25, 0.3) is 5.95 Å². The van der Waals surface area contributed by atoms with Gasteiger partial charge < -0.3 is 5.73 Å². The molecule has 0 unspecified atom stereocenters. The van der Waals surface area contributed by atoms with E-state index in [4.69, 9.17) is 5.73 Å². The Hall–Kier alpha value is -2.69. The zero-order valence-corrected chi connectivity index (χ0v) is 10.5. The van der Waals surface area contributed by atoms with Crippen LogP contribution in [0.1, 0.15) is 5.56 Å². The minimum Gasteiger partial charge on any atom is -0.383 e. The van der Waals surface area contributed by atoms with Gasteiger partial charge >= 0.3 is 0 Å². The largest absolute Gasteiger partial charge is 0.383 e. The normalized spacial score (nSPS) is 10.6. The Morgan fingerprint density at radius 3 is 2.42 bits per heavy atom. The molecule has 0 fully saturated rings. The third-order valence-electron chi connectivity index (χ3n) is 2.83. The molecule has 5 heteroatoms. The molecule has 0 amide bonds. The lowest BCUT2D eigenvalue weighted by molar-refractivity contribution is 0.820. The van der Waals surface area contributed by atoms with Crippen molar-refractivity contribution in [1.82, 2.24) is 19.7 Å². The molecule has 19 heavy (non-hydrogen) atoms. The first-order valence-electron chi connectivity index (χ1n) is 5.94. The van der Waals surface area contributed by atoms with Crippen LogP contribution in [0, 0.1) is 6.92 Å². The van der Waals surface area contributed by atoms with E-state index >= 15 is 0 Å². The molecule has 2 heterocycles. The van der Waals surface area contributed by atoms with Crippen LogP contribution in [-0.2, 0) is 0 Å². The van der Waals surface area contributed by atoms with Gasteiger partial charge in [-0.25, -0.2) is 9.97 Å². The molecule has 3 aromatic rings.